The molecule has 1 atom stereocenters. The number of rotatable bonds is 7. The number of carbonyl (C=O) groups is 1. The summed E-state index contributed by atoms with van der Waals surface area (Å²) in [5, 5.41) is 3.77. The zero-order chi connectivity index (χ0) is 20.8. The summed E-state index contributed by atoms with van der Waals surface area (Å²) in [6, 6.07) is 13.8. The van der Waals surface area contributed by atoms with Gasteiger partial charge in [-0.15, -0.1) is 0 Å². The van der Waals surface area contributed by atoms with Crippen molar-refractivity contribution in [3.05, 3.63) is 64.9 Å². The maximum Gasteiger partial charge on any atom is 0.220 e. The summed E-state index contributed by atoms with van der Waals surface area (Å²) in [4.78, 5) is 19.1. The molecule has 1 N–H and O–H groups in total. The van der Waals surface area contributed by atoms with Gasteiger partial charge in [0.05, 0.1) is 17.4 Å². The van der Waals surface area contributed by atoms with Crippen LogP contribution in [0.5, 0.6) is 0 Å². The SMILES string of the molecule is O=C(CCc1ccccc1Cl)NCC1CCC2(CCN(Cc3ccccn3)CC2)O1. The number of aromatic nitrogens is 1. The minimum Gasteiger partial charge on any atom is -0.370 e. The number of benzene rings is 1. The number of halogens is 1. The molecule has 160 valence electrons. The van der Waals surface area contributed by atoms with Crippen molar-refractivity contribution in [1.29, 1.82) is 0 Å². The van der Waals surface area contributed by atoms with Gasteiger partial charge in [-0.3, -0.25) is 14.7 Å². The number of hydrogen-bond donors (Lipinski definition) is 1. The fourth-order valence-electron chi connectivity index (χ4n) is 4.51. The lowest BCUT2D eigenvalue weighted by Gasteiger charge is -2.39. The predicted molar refractivity (Wildman–Crippen MR) is 118 cm³/mol. The Balaban J connectivity index is 1.17. The fourth-order valence-corrected chi connectivity index (χ4v) is 4.74. The van der Waals surface area contributed by atoms with Gasteiger partial charge < -0.3 is 10.1 Å². The highest BCUT2D eigenvalue weighted by atomic mass is 35.5. The summed E-state index contributed by atoms with van der Waals surface area (Å²) < 4.78 is 6.44. The molecule has 2 aliphatic heterocycles. The molecule has 2 aliphatic rings. The average molecular weight is 428 g/mol. The second-order valence-electron chi connectivity index (χ2n) is 8.45. The van der Waals surface area contributed by atoms with Gasteiger partial charge in [0.15, 0.2) is 0 Å². The van der Waals surface area contributed by atoms with Gasteiger partial charge in [-0.05, 0) is 55.9 Å². The molecule has 2 aromatic rings. The van der Waals surface area contributed by atoms with E-state index >= 15 is 0 Å². The molecule has 1 aromatic heterocycles. The van der Waals surface area contributed by atoms with Crippen molar-refractivity contribution in [1.82, 2.24) is 15.2 Å². The second kappa shape index (κ2) is 9.90. The van der Waals surface area contributed by atoms with Crippen LogP contribution in [-0.2, 0) is 22.5 Å². The standard InChI is InChI=1S/C24H30ClN3O2/c25-22-7-2-1-5-19(22)8-9-23(29)27-17-21-10-11-24(30-21)12-15-28(16-13-24)18-20-6-3-4-14-26-20/h1-7,14,21H,8-13,15-18H2,(H,27,29). The quantitative estimate of drug-likeness (QED) is 0.725. The van der Waals surface area contributed by atoms with Gasteiger partial charge in [-0.25, -0.2) is 0 Å². The van der Waals surface area contributed by atoms with Gasteiger partial charge in [0.2, 0.25) is 5.91 Å². The first-order valence-corrected chi connectivity index (χ1v) is 11.3. The molecule has 2 saturated heterocycles. The molecule has 3 heterocycles. The monoisotopic (exact) mass is 427 g/mol. The topological polar surface area (TPSA) is 54.5 Å². The molecule has 2 fully saturated rings. The number of piperidine rings is 1. The molecule has 1 aromatic carbocycles. The summed E-state index contributed by atoms with van der Waals surface area (Å²) in [5.41, 5.74) is 2.13. The van der Waals surface area contributed by atoms with Crippen LogP contribution < -0.4 is 5.32 Å². The molecule has 0 saturated carbocycles. The zero-order valence-corrected chi connectivity index (χ0v) is 18.1. The van der Waals surface area contributed by atoms with E-state index in [9.17, 15) is 4.79 Å². The molecule has 1 spiro atoms. The van der Waals surface area contributed by atoms with Crippen LogP contribution in [0, 0.1) is 0 Å². The van der Waals surface area contributed by atoms with Crippen LogP contribution in [0.15, 0.2) is 48.7 Å². The van der Waals surface area contributed by atoms with Crippen LogP contribution in [-0.4, -0.2) is 47.1 Å². The number of carbonyl (C=O) groups excluding carboxylic acids is 1. The molecule has 30 heavy (non-hydrogen) atoms. The summed E-state index contributed by atoms with van der Waals surface area (Å²) in [6.07, 6.45) is 7.30. The van der Waals surface area contributed by atoms with Crippen LogP contribution >= 0.6 is 11.6 Å². The number of amides is 1. The number of hydrogen-bond acceptors (Lipinski definition) is 4. The van der Waals surface area contributed by atoms with Crippen molar-refractivity contribution >= 4 is 17.5 Å². The molecule has 5 nitrogen and oxygen atoms in total. The van der Waals surface area contributed by atoms with E-state index in [1.165, 1.54) is 0 Å². The van der Waals surface area contributed by atoms with E-state index in [0.717, 1.165) is 61.6 Å². The molecule has 1 amide bonds. The first kappa shape index (κ1) is 21.3. The highest BCUT2D eigenvalue weighted by Gasteiger charge is 2.42. The van der Waals surface area contributed by atoms with Crippen LogP contribution in [0.4, 0.5) is 0 Å². The van der Waals surface area contributed by atoms with E-state index in [0.29, 0.717) is 19.4 Å². The van der Waals surface area contributed by atoms with Gasteiger partial charge in [0.25, 0.3) is 0 Å². The number of aryl methyl sites for hydroxylation is 1. The normalized spacial score (nSPS) is 21.0. The van der Waals surface area contributed by atoms with Gasteiger partial charge >= 0.3 is 0 Å². The molecule has 0 bridgehead atoms. The third-order valence-corrected chi connectivity index (χ3v) is 6.69. The molecule has 0 aliphatic carbocycles. The van der Waals surface area contributed by atoms with Crippen molar-refractivity contribution < 1.29 is 9.53 Å². The Morgan fingerprint density at radius 3 is 2.73 bits per heavy atom. The Kier molecular flexibility index (Phi) is 7.03. The molecule has 0 radical (unpaired) electrons. The first-order valence-electron chi connectivity index (χ1n) is 10.9. The van der Waals surface area contributed by atoms with E-state index in [1.54, 1.807) is 0 Å². The third-order valence-electron chi connectivity index (χ3n) is 6.32. The van der Waals surface area contributed by atoms with E-state index in [2.05, 4.69) is 21.3 Å². The first-order chi connectivity index (χ1) is 14.6. The Hall–Kier alpha value is -1.95. The number of pyridine rings is 1. The molecule has 6 heteroatoms. The summed E-state index contributed by atoms with van der Waals surface area (Å²) in [5.74, 6) is 0.0599. The van der Waals surface area contributed by atoms with E-state index in [-0.39, 0.29) is 17.6 Å². The van der Waals surface area contributed by atoms with Crippen molar-refractivity contribution in [3.63, 3.8) is 0 Å². The van der Waals surface area contributed by atoms with Gasteiger partial charge in [0, 0.05) is 43.8 Å². The second-order valence-corrected chi connectivity index (χ2v) is 8.86. The van der Waals surface area contributed by atoms with E-state index < -0.39 is 0 Å². The van der Waals surface area contributed by atoms with Gasteiger partial charge in [0.1, 0.15) is 0 Å². The number of nitrogens with zero attached hydrogens (tertiary/aromatic N) is 2. The van der Waals surface area contributed by atoms with Crippen molar-refractivity contribution in [2.45, 2.75) is 56.8 Å². The minimum absolute atomic E-state index is 0.00637. The van der Waals surface area contributed by atoms with E-state index in [1.807, 2.05) is 42.6 Å². The maximum atomic E-state index is 12.2. The maximum absolute atomic E-state index is 12.2. The summed E-state index contributed by atoms with van der Waals surface area (Å²) in [7, 11) is 0. The Bertz CT molecular complexity index is 837. The third kappa shape index (κ3) is 5.60. The fraction of sp³-hybridized carbons (Fsp3) is 0.500. The predicted octanol–water partition coefficient (Wildman–Crippen LogP) is 4.00. The number of ether oxygens (including phenoxy) is 1. The average Bonchev–Trinajstić information content (AvgIpc) is 3.17. The van der Waals surface area contributed by atoms with Crippen LogP contribution in [0.3, 0.4) is 0 Å². The van der Waals surface area contributed by atoms with E-state index in [4.69, 9.17) is 16.3 Å². The largest absolute Gasteiger partial charge is 0.370 e. The van der Waals surface area contributed by atoms with Gasteiger partial charge in [-0.2, -0.15) is 0 Å². The molecular weight excluding hydrogens is 398 g/mol. The van der Waals surface area contributed by atoms with Gasteiger partial charge in [-0.1, -0.05) is 35.9 Å². The Labute approximate surface area is 183 Å². The summed E-state index contributed by atoms with van der Waals surface area (Å²) in [6.45, 7) is 3.57. The zero-order valence-electron chi connectivity index (χ0n) is 17.4. The smallest absolute Gasteiger partial charge is 0.220 e. The molecular formula is C24H30ClN3O2. The summed E-state index contributed by atoms with van der Waals surface area (Å²) >= 11 is 6.17. The molecule has 4 rings (SSSR count). The molecule has 1 unspecified atom stereocenters. The number of nitrogens with one attached hydrogen (secondary N) is 1. The number of likely N-dealkylation sites (tertiary alicyclic amines) is 1. The lowest BCUT2D eigenvalue weighted by Crippen LogP contribution is -2.45. The van der Waals surface area contributed by atoms with Crippen molar-refractivity contribution in [2.24, 2.45) is 0 Å². The highest BCUT2D eigenvalue weighted by Crippen LogP contribution is 2.38. The lowest BCUT2D eigenvalue weighted by atomic mass is 9.88. The van der Waals surface area contributed by atoms with Crippen LogP contribution in [0.1, 0.15) is 43.4 Å². The van der Waals surface area contributed by atoms with Crippen molar-refractivity contribution in [3.8, 4) is 0 Å². The van der Waals surface area contributed by atoms with Crippen LogP contribution in [0.2, 0.25) is 5.02 Å². The Morgan fingerprint density at radius 1 is 1.17 bits per heavy atom. The van der Waals surface area contributed by atoms with Crippen LogP contribution in [0.25, 0.3) is 0 Å². The highest BCUT2D eigenvalue weighted by molar-refractivity contribution is 6.31. The lowest BCUT2D eigenvalue weighted by molar-refractivity contribution is -0.122. The Morgan fingerprint density at radius 2 is 1.97 bits per heavy atom. The van der Waals surface area contributed by atoms with Crippen molar-refractivity contribution in [2.75, 3.05) is 19.6 Å². The minimum atomic E-state index is -0.00637.